The highest BCUT2D eigenvalue weighted by Gasteiger charge is 2.27. The summed E-state index contributed by atoms with van der Waals surface area (Å²) in [5.74, 6) is 1.12. The van der Waals surface area contributed by atoms with Crippen LogP contribution in [0.1, 0.15) is 22.4 Å². The molecule has 0 saturated heterocycles. The molecule has 0 fully saturated rings. The number of amides is 1. The molecule has 2 N–H and O–H groups in total. The molecular formula is C19H21N3O3. The topological polar surface area (TPSA) is 72.5 Å². The molecule has 2 aliphatic heterocycles. The molecule has 6 nitrogen and oxygen atoms in total. The molecule has 3 heterocycles. The first-order chi connectivity index (χ1) is 12.2. The van der Waals surface area contributed by atoms with Crippen molar-refractivity contribution in [3.8, 4) is 11.5 Å². The molecule has 2 aromatic rings. The van der Waals surface area contributed by atoms with Crippen LogP contribution in [0, 0.1) is 6.92 Å². The third kappa shape index (κ3) is 3.17. The minimum absolute atomic E-state index is 0.166. The predicted octanol–water partition coefficient (Wildman–Crippen LogP) is 1.49. The van der Waals surface area contributed by atoms with Gasteiger partial charge in [-0.05, 0) is 48.7 Å². The molecule has 130 valence electrons. The van der Waals surface area contributed by atoms with Crippen molar-refractivity contribution in [2.24, 2.45) is 0 Å². The average molecular weight is 339 g/mol. The average Bonchev–Trinajstić information content (AvgIpc) is 2.66. The maximum absolute atomic E-state index is 12.5. The number of aryl methyl sites for hydroxylation is 1. The summed E-state index contributed by atoms with van der Waals surface area (Å²) in [5, 5.41) is 6.34. The zero-order chi connectivity index (χ0) is 17.2. The van der Waals surface area contributed by atoms with Crippen LogP contribution < -0.4 is 20.1 Å². The lowest BCUT2D eigenvalue weighted by Crippen LogP contribution is -2.44. The van der Waals surface area contributed by atoms with Gasteiger partial charge in [0.2, 0.25) is 6.10 Å². The van der Waals surface area contributed by atoms with Crippen LogP contribution >= 0.6 is 0 Å². The number of para-hydroxylation sites is 2. The summed E-state index contributed by atoms with van der Waals surface area (Å²) >= 11 is 0. The van der Waals surface area contributed by atoms with E-state index in [9.17, 15) is 4.79 Å². The molecule has 0 spiro atoms. The molecule has 6 heteroatoms. The number of aromatic nitrogens is 1. The number of pyridine rings is 1. The lowest BCUT2D eigenvalue weighted by Gasteiger charge is -2.26. The monoisotopic (exact) mass is 339 g/mol. The van der Waals surface area contributed by atoms with Crippen molar-refractivity contribution in [3.05, 3.63) is 52.8 Å². The zero-order valence-electron chi connectivity index (χ0n) is 14.2. The van der Waals surface area contributed by atoms with Gasteiger partial charge in [0.25, 0.3) is 5.91 Å². The van der Waals surface area contributed by atoms with Gasteiger partial charge in [0.15, 0.2) is 11.5 Å². The molecular weight excluding hydrogens is 318 g/mol. The van der Waals surface area contributed by atoms with E-state index in [1.165, 1.54) is 11.1 Å². The molecule has 1 atom stereocenters. The van der Waals surface area contributed by atoms with E-state index in [1.807, 2.05) is 37.4 Å². The second-order valence-corrected chi connectivity index (χ2v) is 6.33. The fraction of sp³-hybridized carbons (Fsp3) is 0.368. The molecule has 1 amide bonds. The number of nitrogens with one attached hydrogen (secondary N) is 2. The highest BCUT2D eigenvalue weighted by Crippen LogP contribution is 2.31. The van der Waals surface area contributed by atoms with Crippen molar-refractivity contribution in [3.63, 3.8) is 0 Å². The van der Waals surface area contributed by atoms with Gasteiger partial charge in [0, 0.05) is 25.0 Å². The van der Waals surface area contributed by atoms with Gasteiger partial charge < -0.3 is 20.1 Å². The zero-order valence-corrected chi connectivity index (χ0v) is 14.2. The fourth-order valence-electron chi connectivity index (χ4n) is 3.32. The van der Waals surface area contributed by atoms with Crippen molar-refractivity contribution in [2.75, 3.05) is 13.2 Å². The van der Waals surface area contributed by atoms with Crippen LogP contribution in [-0.2, 0) is 24.3 Å². The fourth-order valence-corrected chi connectivity index (χ4v) is 3.32. The molecule has 1 aromatic carbocycles. The lowest BCUT2D eigenvalue weighted by molar-refractivity contribution is -0.130. The van der Waals surface area contributed by atoms with E-state index in [-0.39, 0.29) is 12.5 Å². The maximum Gasteiger partial charge on any atom is 0.264 e. The molecule has 1 aromatic heterocycles. The van der Waals surface area contributed by atoms with Crippen molar-refractivity contribution in [1.29, 1.82) is 0 Å². The lowest BCUT2D eigenvalue weighted by atomic mass is 9.96. The summed E-state index contributed by atoms with van der Waals surface area (Å²) in [5.41, 5.74) is 4.60. The Hall–Kier alpha value is -2.60. The minimum Gasteiger partial charge on any atom is -0.485 e. The quantitative estimate of drug-likeness (QED) is 0.886. The molecule has 0 unspecified atom stereocenters. The van der Waals surface area contributed by atoms with E-state index < -0.39 is 6.10 Å². The number of benzene rings is 1. The smallest absolute Gasteiger partial charge is 0.264 e. The SMILES string of the molecule is Cc1ncc2c(c1CNC(=O)[C@H]1COc3ccccc3O1)CCNC2. The largest absolute Gasteiger partial charge is 0.485 e. The Bertz CT molecular complexity index is 806. The van der Waals surface area contributed by atoms with E-state index in [0.29, 0.717) is 18.0 Å². The van der Waals surface area contributed by atoms with Gasteiger partial charge in [-0.25, -0.2) is 0 Å². The predicted molar refractivity (Wildman–Crippen MR) is 92.6 cm³/mol. The Kier molecular flexibility index (Phi) is 4.28. The number of hydrogen-bond donors (Lipinski definition) is 2. The number of carbonyl (C=O) groups is 1. The van der Waals surface area contributed by atoms with Crippen LogP contribution in [0.3, 0.4) is 0 Å². The van der Waals surface area contributed by atoms with Crippen molar-refractivity contribution in [2.45, 2.75) is 32.5 Å². The molecule has 0 bridgehead atoms. The Morgan fingerprint density at radius 2 is 2.20 bits per heavy atom. The van der Waals surface area contributed by atoms with E-state index in [1.54, 1.807) is 0 Å². The molecule has 2 aliphatic rings. The first kappa shape index (κ1) is 15.9. The van der Waals surface area contributed by atoms with Crippen LogP contribution in [0.15, 0.2) is 30.5 Å². The third-order valence-corrected chi connectivity index (χ3v) is 4.71. The first-order valence-corrected chi connectivity index (χ1v) is 8.55. The van der Waals surface area contributed by atoms with Crippen LogP contribution in [0.4, 0.5) is 0 Å². The summed E-state index contributed by atoms with van der Waals surface area (Å²) in [4.78, 5) is 17.0. The number of carbonyl (C=O) groups excluding carboxylic acids is 1. The van der Waals surface area contributed by atoms with Gasteiger partial charge in [-0.1, -0.05) is 12.1 Å². The summed E-state index contributed by atoms with van der Waals surface area (Å²) in [6.07, 6.45) is 2.25. The Balaban J connectivity index is 1.45. The number of ether oxygens (including phenoxy) is 2. The van der Waals surface area contributed by atoms with Gasteiger partial charge in [-0.2, -0.15) is 0 Å². The standard InChI is InChI=1S/C19H21N3O3/c1-12-15(14-6-7-20-8-13(14)9-21-12)10-22-19(23)18-11-24-16-4-2-3-5-17(16)25-18/h2-5,9,18,20H,6-8,10-11H2,1H3,(H,22,23)/t18-/m1/s1. The Morgan fingerprint density at radius 3 is 3.08 bits per heavy atom. The third-order valence-electron chi connectivity index (χ3n) is 4.71. The molecule has 0 aliphatic carbocycles. The van der Waals surface area contributed by atoms with Gasteiger partial charge in [0.05, 0.1) is 0 Å². The van der Waals surface area contributed by atoms with E-state index in [2.05, 4.69) is 15.6 Å². The van der Waals surface area contributed by atoms with Gasteiger partial charge in [0.1, 0.15) is 6.61 Å². The molecule has 4 rings (SSSR count). The highest BCUT2D eigenvalue weighted by atomic mass is 16.6. The van der Waals surface area contributed by atoms with Crippen LogP contribution in [0.2, 0.25) is 0 Å². The van der Waals surface area contributed by atoms with Crippen molar-refractivity contribution in [1.82, 2.24) is 15.6 Å². The highest BCUT2D eigenvalue weighted by molar-refractivity contribution is 5.81. The second kappa shape index (κ2) is 6.72. The van der Waals surface area contributed by atoms with Gasteiger partial charge >= 0.3 is 0 Å². The van der Waals surface area contributed by atoms with Crippen LogP contribution in [0.25, 0.3) is 0 Å². The molecule has 0 radical (unpaired) electrons. The normalized spacial score (nSPS) is 18.4. The van der Waals surface area contributed by atoms with Crippen molar-refractivity contribution >= 4 is 5.91 Å². The van der Waals surface area contributed by atoms with Gasteiger partial charge in [-0.15, -0.1) is 0 Å². The molecule has 0 saturated carbocycles. The first-order valence-electron chi connectivity index (χ1n) is 8.55. The number of hydrogen-bond acceptors (Lipinski definition) is 5. The van der Waals surface area contributed by atoms with Crippen LogP contribution in [0.5, 0.6) is 11.5 Å². The summed E-state index contributed by atoms with van der Waals surface area (Å²) in [6, 6.07) is 7.39. The summed E-state index contributed by atoms with van der Waals surface area (Å²) < 4.78 is 11.4. The van der Waals surface area contributed by atoms with Gasteiger partial charge in [-0.3, -0.25) is 9.78 Å². The van der Waals surface area contributed by atoms with Crippen molar-refractivity contribution < 1.29 is 14.3 Å². The minimum atomic E-state index is -0.635. The summed E-state index contributed by atoms with van der Waals surface area (Å²) in [7, 11) is 0. The number of rotatable bonds is 3. The number of nitrogens with zero attached hydrogens (tertiary/aromatic N) is 1. The molecule has 25 heavy (non-hydrogen) atoms. The van der Waals surface area contributed by atoms with E-state index in [0.717, 1.165) is 30.8 Å². The van der Waals surface area contributed by atoms with E-state index in [4.69, 9.17) is 9.47 Å². The maximum atomic E-state index is 12.5. The summed E-state index contributed by atoms with van der Waals surface area (Å²) in [6.45, 7) is 4.45. The van der Waals surface area contributed by atoms with Crippen LogP contribution in [-0.4, -0.2) is 30.1 Å². The Morgan fingerprint density at radius 1 is 1.36 bits per heavy atom. The Labute approximate surface area is 146 Å². The number of fused-ring (bicyclic) bond motifs is 2. The van der Waals surface area contributed by atoms with E-state index >= 15 is 0 Å². The second-order valence-electron chi connectivity index (χ2n) is 6.33.